The normalized spacial score (nSPS) is 21.6. The molecule has 4 nitrogen and oxygen atoms in total. The summed E-state index contributed by atoms with van der Waals surface area (Å²) in [5.74, 6) is 8.68. The van der Waals surface area contributed by atoms with Crippen LogP contribution in [0.5, 0.6) is 0 Å². The highest BCUT2D eigenvalue weighted by atomic mass is 16.7. The number of ether oxygens (including phenoxy) is 4. The minimum absolute atomic E-state index is 0.00194. The third kappa shape index (κ3) is 14.9. The molecule has 2 atom stereocenters. The van der Waals surface area contributed by atoms with Gasteiger partial charge >= 0.3 is 0 Å². The number of hydrogen-bond acceptors (Lipinski definition) is 4. The lowest BCUT2D eigenvalue weighted by Gasteiger charge is -2.21. The molecule has 0 aromatic carbocycles. The van der Waals surface area contributed by atoms with Gasteiger partial charge in [0.25, 0.3) is 0 Å². The van der Waals surface area contributed by atoms with E-state index in [1.165, 1.54) is 57.8 Å². The van der Waals surface area contributed by atoms with E-state index in [-0.39, 0.29) is 12.6 Å². The van der Waals surface area contributed by atoms with Gasteiger partial charge in [0.2, 0.25) is 0 Å². The Labute approximate surface area is 173 Å². The summed E-state index contributed by atoms with van der Waals surface area (Å²) in [6.45, 7) is 4.80. The van der Waals surface area contributed by atoms with Crippen LogP contribution in [0.2, 0.25) is 0 Å². The van der Waals surface area contributed by atoms with Crippen molar-refractivity contribution in [2.45, 2.75) is 103 Å². The molecule has 2 rings (SSSR count). The van der Waals surface area contributed by atoms with Crippen molar-refractivity contribution in [1.29, 1.82) is 0 Å². The molecule has 0 N–H and O–H groups in total. The SMILES string of the molecule is C#CCOC1CCCCO1.CCCCCCCCC#CCOC1CCCCO1. The molecule has 0 saturated carbocycles. The molecule has 2 fully saturated rings. The quantitative estimate of drug-likeness (QED) is 0.366. The molecule has 0 aromatic heterocycles. The smallest absolute Gasteiger partial charge is 0.158 e. The molecule has 28 heavy (non-hydrogen) atoms. The molecule has 0 aliphatic carbocycles. The summed E-state index contributed by atoms with van der Waals surface area (Å²) in [5, 5.41) is 0. The zero-order chi connectivity index (χ0) is 20.1. The maximum absolute atomic E-state index is 5.55. The van der Waals surface area contributed by atoms with E-state index in [0.29, 0.717) is 13.2 Å². The first-order chi connectivity index (χ1) is 13.9. The molecule has 160 valence electrons. The summed E-state index contributed by atoms with van der Waals surface area (Å²) in [6.07, 6.45) is 20.7. The second-order valence-corrected chi connectivity index (χ2v) is 7.29. The fourth-order valence-electron chi connectivity index (χ4n) is 3.09. The number of rotatable bonds is 10. The average molecular weight is 393 g/mol. The van der Waals surface area contributed by atoms with Crippen molar-refractivity contribution in [2.24, 2.45) is 0 Å². The van der Waals surface area contributed by atoms with Gasteiger partial charge in [-0.1, -0.05) is 50.9 Å². The number of terminal acetylenes is 1. The highest BCUT2D eigenvalue weighted by Crippen LogP contribution is 2.13. The molecule has 2 aliphatic rings. The lowest BCUT2D eigenvalue weighted by atomic mass is 10.1. The summed E-state index contributed by atoms with van der Waals surface area (Å²) in [5.41, 5.74) is 0. The molecular weight excluding hydrogens is 352 g/mol. The van der Waals surface area contributed by atoms with Gasteiger partial charge in [-0.3, -0.25) is 0 Å². The predicted octanol–water partition coefficient (Wildman–Crippen LogP) is 5.45. The summed E-state index contributed by atoms with van der Waals surface area (Å²) >= 11 is 0. The number of unbranched alkanes of at least 4 members (excludes halogenated alkanes) is 6. The average Bonchev–Trinajstić information content (AvgIpc) is 2.75. The second kappa shape index (κ2) is 19.3. The molecule has 0 amide bonds. The van der Waals surface area contributed by atoms with Crippen LogP contribution in [-0.2, 0) is 18.9 Å². The van der Waals surface area contributed by atoms with Gasteiger partial charge in [-0.2, -0.15) is 0 Å². The summed E-state index contributed by atoms with van der Waals surface area (Å²) in [4.78, 5) is 0. The molecular formula is C24H40O4. The lowest BCUT2D eigenvalue weighted by molar-refractivity contribution is -0.154. The third-order valence-corrected chi connectivity index (χ3v) is 4.75. The van der Waals surface area contributed by atoms with Crippen molar-refractivity contribution in [3.05, 3.63) is 0 Å². The van der Waals surface area contributed by atoms with E-state index in [1.54, 1.807) is 0 Å². The molecule has 0 aromatic rings. The minimum Gasteiger partial charge on any atom is -0.353 e. The van der Waals surface area contributed by atoms with E-state index in [4.69, 9.17) is 25.4 Å². The Hall–Kier alpha value is -1.04. The van der Waals surface area contributed by atoms with Crippen LogP contribution in [0.4, 0.5) is 0 Å². The third-order valence-electron chi connectivity index (χ3n) is 4.75. The Bertz CT molecular complexity index is 434. The van der Waals surface area contributed by atoms with Crippen molar-refractivity contribution in [2.75, 3.05) is 26.4 Å². The van der Waals surface area contributed by atoms with Crippen LogP contribution in [0.15, 0.2) is 0 Å². The van der Waals surface area contributed by atoms with Crippen molar-refractivity contribution in [3.63, 3.8) is 0 Å². The maximum atomic E-state index is 5.55. The fourth-order valence-corrected chi connectivity index (χ4v) is 3.09. The van der Waals surface area contributed by atoms with Crippen LogP contribution < -0.4 is 0 Å². The van der Waals surface area contributed by atoms with Gasteiger partial charge in [0.05, 0.1) is 0 Å². The molecule has 2 aliphatic heterocycles. The highest BCUT2D eigenvalue weighted by Gasteiger charge is 2.13. The van der Waals surface area contributed by atoms with Crippen LogP contribution in [-0.4, -0.2) is 39.0 Å². The zero-order valence-corrected chi connectivity index (χ0v) is 17.9. The lowest BCUT2D eigenvalue weighted by Crippen LogP contribution is -2.22. The first-order valence-corrected chi connectivity index (χ1v) is 11.2. The van der Waals surface area contributed by atoms with Crippen LogP contribution in [0, 0.1) is 24.2 Å². The Morgan fingerprint density at radius 1 is 0.786 bits per heavy atom. The fraction of sp³-hybridized carbons (Fsp3) is 0.833. The van der Waals surface area contributed by atoms with Crippen LogP contribution >= 0.6 is 0 Å². The Morgan fingerprint density at radius 3 is 1.96 bits per heavy atom. The van der Waals surface area contributed by atoms with Gasteiger partial charge in [-0.05, 0) is 44.9 Å². The molecule has 0 spiro atoms. The second-order valence-electron chi connectivity index (χ2n) is 7.29. The van der Waals surface area contributed by atoms with Crippen molar-refractivity contribution >= 4 is 0 Å². The van der Waals surface area contributed by atoms with Gasteiger partial charge in [0.1, 0.15) is 13.2 Å². The van der Waals surface area contributed by atoms with Gasteiger partial charge in [0.15, 0.2) is 12.6 Å². The Balaban J connectivity index is 0.000000330. The highest BCUT2D eigenvalue weighted by molar-refractivity contribution is 4.98. The Morgan fingerprint density at radius 2 is 1.39 bits per heavy atom. The van der Waals surface area contributed by atoms with Crippen LogP contribution in [0.25, 0.3) is 0 Å². The van der Waals surface area contributed by atoms with Gasteiger partial charge in [0, 0.05) is 19.6 Å². The van der Waals surface area contributed by atoms with Crippen molar-refractivity contribution in [1.82, 2.24) is 0 Å². The van der Waals surface area contributed by atoms with E-state index in [9.17, 15) is 0 Å². The zero-order valence-electron chi connectivity index (χ0n) is 17.9. The molecule has 2 heterocycles. The molecule has 4 heteroatoms. The number of hydrogen-bond donors (Lipinski definition) is 0. The molecule has 2 unspecified atom stereocenters. The van der Waals surface area contributed by atoms with E-state index >= 15 is 0 Å². The van der Waals surface area contributed by atoms with Gasteiger partial charge in [-0.15, -0.1) is 12.3 Å². The van der Waals surface area contributed by atoms with Crippen molar-refractivity contribution < 1.29 is 18.9 Å². The molecule has 0 radical (unpaired) electrons. The molecule has 0 bridgehead atoms. The monoisotopic (exact) mass is 392 g/mol. The summed E-state index contributed by atoms with van der Waals surface area (Å²) in [7, 11) is 0. The largest absolute Gasteiger partial charge is 0.353 e. The van der Waals surface area contributed by atoms with Gasteiger partial charge in [-0.25, -0.2) is 0 Å². The predicted molar refractivity (Wildman–Crippen MR) is 114 cm³/mol. The first kappa shape index (κ1) is 25.0. The van der Waals surface area contributed by atoms with Crippen LogP contribution in [0.3, 0.4) is 0 Å². The first-order valence-electron chi connectivity index (χ1n) is 11.2. The van der Waals surface area contributed by atoms with E-state index < -0.39 is 0 Å². The van der Waals surface area contributed by atoms with E-state index in [2.05, 4.69) is 24.7 Å². The summed E-state index contributed by atoms with van der Waals surface area (Å²) < 4.78 is 21.5. The topological polar surface area (TPSA) is 36.9 Å². The standard InChI is InChI=1S/C16H28O2.C8H12O2/c1-2-3-4-5-6-7-8-9-11-14-17-16-13-10-12-15-18-16;1-2-6-9-8-5-3-4-7-10-8/h16H,2-8,10,12-15H2,1H3;1,8H,3-7H2. The molecule has 2 saturated heterocycles. The van der Waals surface area contributed by atoms with E-state index in [0.717, 1.165) is 38.9 Å². The van der Waals surface area contributed by atoms with Gasteiger partial charge < -0.3 is 18.9 Å². The minimum atomic E-state index is -0.0372. The van der Waals surface area contributed by atoms with Crippen LogP contribution in [0.1, 0.15) is 90.4 Å². The van der Waals surface area contributed by atoms with Crippen molar-refractivity contribution in [3.8, 4) is 24.2 Å². The maximum Gasteiger partial charge on any atom is 0.158 e. The van der Waals surface area contributed by atoms with E-state index in [1.807, 2.05) is 0 Å². The Kier molecular flexibility index (Phi) is 17.2. The summed E-state index contributed by atoms with van der Waals surface area (Å²) in [6, 6.07) is 0.